The maximum absolute atomic E-state index is 11.7. The average molecular weight is 291 g/mol. The van der Waals surface area contributed by atoms with Crippen molar-refractivity contribution < 1.29 is 9.59 Å². The van der Waals surface area contributed by atoms with Crippen molar-refractivity contribution in [3.05, 3.63) is 29.8 Å². The predicted molar refractivity (Wildman–Crippen MR) is 85.0 cm³/mol. The van der Waals surface area contributed by atoms with E-state index in [0.29, 0.717) is 12.8 Å². The molecule has 0 saturated carbocycles. The Morgan fingerprint density at radius 3 is 2.38 bits per heavy atom. The van der Waals surface area contributed by atoms with Crippen LogP contribution in [0.4, 0.5) is 5.69 Å². The number of nitrogens with two attached hydrogens (primary N) is 1. The molecule has 1 unspecified atom stereocenters. The molecule has 2 amide bonds. The molecule has 0 bridgehead atoms. The van der Waals surface area contributed by atoms with E-state index in [4.69, 9.17) is 5.73 Å². The van der Waals surface area contributed by atoms with Crippen molar-refractivity contribution in [2.75, 3.05) is 19.4 Å². The van der Waals surface area contributed by atoms with E-state index in [2.05, 4.69) is 5.32 Å². The van der Waals surface area contributed by atoms with Crippen LogP contribution >= 0.6 is 0 Å². The Kier molecular flexibility index (Phi) is 6.88. The summed E-state index contributed by atoms with van der Waals surface area (Å²) in [5.74, 6) is 0.0513. The zero-order valence-electron chi connectivity index (χ0n) is 13.1. The molecule has 0 radical (unpaired) electrons. The Morgan fingerprint density at radius 1 is 1.24 bits per heavy atom. The van der Waals surface area contributed by atoms with Gasteiger partial charge in [0.05, 0.1) is 6.42 Å². The molecule has 1 aromatic rings. The molecule has 5 nitrogen and oxygen atoms in total. The lowest BCUT2D eigenvalue weighted by Gasteiger charge is -2.11. The zero-order valence-corrected chi connectivity index (χ0v) is 13.1. The maximum atomic E-state index is 11.7. The second-order valence-corrected chi connectivity index (χ2v) is 5.58. The number of nitrogens with zero attached hydrogens (tertiary/aromatic N) is 1. The van der Waals surface area contributed by atoms with Crippen molar-refractivity contribution in [2.45, 2.75) is 38.6 Å². The number of carbonyl (C=O) groups is 2. The van der Waals surface area contributed by atoms with E-state index >= 15 is 0 Å². The molecule has 0 heterocycles. The summed E-state index contributed by atoms with van der Waals surface area (Å²) in [4.78, 5) is 24.9. The summed E-state index contributed by atoms with van der Waals surface area (Å²) in [6.07, 6.45) is 2.48. The highest BCUT2D eigenvalue weighted by Crippen LogP contribution is 2.11. The fraction of sp³-hybridized carbons (Fsp3) is 0.500. The molecular weight excluding hydrogens is 266 g/mol. The van der Waals surface area contributed by atoms with Gasteiger partial charge in [0.25, 0.3) is 0 Å². The van der Waals surface area contributed by atoms with Gasteiger partial charge in [-0.25, -0.2) is 0 Å². The summed E-state index contributed by atoms with van der Waals surface area (Å²) in [7, 11) is 3.47. The minimum Gasteiger partial charge on any atom is -0.349 e. The SMILES string of the molecule is CC(N)CCCC(=O)Nc1ccc(CC(=O)N(C)C)cc1. The Balaban J connectivity index is 2.43. The summed E-state index contributed by atoms with van der Waals surface area (Å²) < 4.78 is 0. The van der Waals surface area contributed by atoms with Crippen LogP contribution in [0.15, 0.2) is 24.3 Å². The number of hydrogen-bond donors (Lipinski definition) is 2. The van der Waals surface area contributed by atoms with Gasteiger partial charge in [0.2, 0.25) is 11.8 Å². The number of benzene rings is 1. The molecule has 0 fully saturated rings. The van der Waals surface area contributed by atoms with Crippen LogP contribution in [0, 0.1) is 0 Å². The number of nitrogens with one attached hydrogen (secondary N) is 1. The van der Waals surface area contributed by atoms with E-state index < -0.39 is 0 Å². The Hall–Kier alpha value is -1.88. The molecule has 5 heteroatoms. The van der Waals surface area contributed by atoms with Crippen LogP contribution in [0.5, 0.6) is 0 Å². The van der Waals surface area contributed by atoms with Gasteiger partial charge in [0, 0.05) is 32.2 Å². The minimum atomic E-state index is -0.00670. The van der Waals surface area contributed by atoms with Crippen LogP contribution in [0.2, 0.25) is 0 Å². The highest BCUT2D eigenvalue weighted by molar-refractivity contribution is 5.90. The average Bonchev–Trinajstić information content (AvgIpc) is 2.40. The number of amides is 2. The van der Waals surface area contributed by atoms with Crippen LogP contribution in [0.25, 0.3) is 0 Å². The Labute approximate surface area is 126 Å². The molecular formula is C16H25N3O2. The standard InChI is InChI=1S/C16H25N3O2/c1-12(17)5-4-6-15(20)18-14-9-7-13(8-10-14)11-16(21)19(2)3/h7-10,12H,4-6,11,17H2,1-3H3,(H,18,20). The lowest BCUT2D eigenvalue weighted by molar-refractivity contribution is -0.128. The summed E-state index contributed by atoms with van der Waals surface area (Å²) in [5.41, 5.74) is 7.33. The van der Waals surface area contributed by atoms with Gasteiger partial charge in [-0.05, 0) is 37.5 Å². The van der Waals surface area contributed by atoms with Crippen LogP contribution in [-0.2, 0) is 16.0 Å². The molecule has 1 aromatic carbocycles. The first-order valence-electron chi connectivity index (χ1n) is 7.23. The minimum absolute atomic E-state index is 0.00670. The van der Waals surface area contributed by atoms with Gasteiger partial charge in [0.15, 0.2) is 0 Å². The van der Waals surface area contributed by atoms with Crippen molar-refractivity contribution in [3.8, 4) is 0 Å². The van der Waals surface area contributed by atoms with E-state index in [1.807, 2.05) is 31.2 Å². The second kappa shape index (κ2) is 8.42. The topological polar surface area (TPSA) is 75.4 Å². The summed E-state index contributed by atoms with van der Waals surface area (Å²) in [5, 5.41) is 2.84. The van der Waals surface area contributed by atoms with Gasteiger partial charge in [-0.3, -0.25) is 9.59 Å². The Morgan fingerprint density at radius 2 is 1.86 bits per heavy atom. The number of carbonyl (C=O) groups excluding carboxylic acids is 2. The maximum Gasteiger partial charge on any atom is 0.226 e. The molecule has 0 aromatic heterocycles. The molecule has 116 valence electrons. The molecule has 1 rings (SSSR count). The molecule has 1 atom stereocenters. The van der Waals surface area contributed by atoms with Gasteiger partial charge < -0.3 is 16.0 Å². The van der Waals surface area contributed by atoms with Gasteiger partial charge in [-0.1, -0.05) is 12.1 Å². The highest BCUT2D eigenvalue weighted by atomic mass is 16.2. The van der Waals surface area contributed by atoms with Gasteiger partial charge in [-0.15, -0.1) is 0 Å². The van der Waals surface area contributed by atoms with Crippen molar-refractivity contribution >= 4 is 17.5 Å². The first-order chi connectivity index (χ1) is 9.88. The van der Waals surface area contributed by atoms with Crippen molar-refractivity contribution in [1.29, 1.82) is 0 Å². The number of likely N-dealkylation sites (N-methyl/N-ethyl adjacent to an activating group) is 1. The fourth-order valence-electron chi connectivity index (χ4n) is 1.85. The number of anilines is 1. The fourth-order valence-corrected chi connectivity index (χ4v) is 1.85. The van der Waals surface area contributed by atoms with E-state index in [-0.39, 0.29) is 17.9 Å². The first kappa shape index (κ1) is 17.2. The summed E-state index contributed by atoms with van der Waals surface area (Å²) in [6.45, 7) is 1.94. The molecule has 21 heavy (non-hydrogen) atoms. The van der Waals surface area contributed by atoms with Crippen molar-refractivity contribution in [1.82, 2.24) is 4.90 Å². The Bertz CT molecular complexity index is 467. The van der Waals surface area contributed by atoms with Crippen LogP contribution in [-0.4, -0.2) is 36.9 Å². The third kappa shape index (κ3) is 6.90. The number of hydrogen-bond acceptors (Lipinski definition) is 3. The summed E-state index contributed by atoms with van der Waals surface area (Å²) in [6, 6.07) is 7.49. The highest BCUT2D eigenvalue weighted by Gasteiger charge is 2.06. The van der Waals surface area contributed by atoms with Crippen LogP contribution in [0.1, 0.15) is 31.7 Å². The molecule has 0 aliphatic carbocycles. The smallest absolute Gasteiger partial charge is 0.226 e. The molecule has 0 aliphatic heterocycles. The van der Waals surface area contributed by atoms with Crippen LogP contribution < -0.4 is 11.1 Å². The second-order valence-electron chi connectivity index (χ2n) is 5.58. The molecule has 0 saturated heterocycles. The normalized spacial score (nSPS) is 11.8. The quantitative estimate of drug-likeness (QED) is 0.804. The molecule has 0 aliphatic rings. The van der Waals surface area contributed by atoms with Gasteiger partial charge >= 0.3 is 0 Å². The third-order valence-electron chi connectivity index (χ3n) is 3.16. The lowest BCUT2D eigenvalue weighted by atomic mass is 10.1. The summed E-state index contributed by atoms with van der Waals surface area (Å²) >= 11 is 0. The van der Waals surface area contributed by atoms with Crippen LogP contribution in [0.3, 0.4) is 0 Å². The van der Waals surface area contributed by atoms with Crippen molar-refractivity contribution in [2.24, 2.45) is 5.73 Å². The largest absolute Gasteiger partial charge is 0.349 e. The monoisotopic (exact) mass is 291 g/mol. The van der Waals surface area contributed by atoms with Gasteiger partial charge in [0.1, 0.15) is 0 Å². The number of rotatable bonds is 7. The van der Waals surface area contributed by atoms with E-state index in [0.717, 1.165) is 24.1 Å². The first-order valence-corrected chi connectivity index (χ1v) is 7.23. The van der Waals surface area contributed by atoms with E-state index in [9.17, 15) is 9.59 Å². The third-order valence-corrected chi connectivity index (χ3v) is 3.16. The van der Waals surface area contributed by atoms with E-state index in [1.165, 1.54) is 0 Å². The molecule has 3 N–H and O–H groups in total. The van der Waals surface area contributed by atoms with E-state index in [1.54, 1.807) is 19.0 Å². The predicted octanol–water partition coefficient (Wildman–Crippen LogP) is 1.77. The molecule has 0 spiro atoms. The lowest BCUT2D eigenvalue weighted by Crippen LogP contribution is -2.23. The zero-order chi connectivity index (χ0) is 15.8. The van der Waals surface area contributed by atoms with Gasteiger partial charge in [-0.2, -0.15) is 0 Å². The van der Waals surface area contributed by atoms with Crippen molar-refractivity contribution in [3.63, 3.8) is 0 Å².